The van der Waals surface area contributed by atoms with Gasteiger partial charge in [0.1, 0.15) is 5.82 Å². The van der Waals surface area contributed by atoms with Crippen LogP contribution in [0.5, 0.6) is 0 Å². The Morgan fingerprint density at radius 3 is 1.23 bits per heavy atom. The second kappa shape index (κ2) is 22.6. The summed E-state index contributed by atoms with van der Waals surface area (Å²) in [5, 5.41) is 18.2. The van der Waals surface area contributed by atoms with Crippen LogP contribution in [0.2, 0.25) is 0 Å². The lowest BCUT2D eigenvalue weighted by Gasteiger charge is -2.34. The van der Waals surface area contributed by atoms with E-state index in [1.807, 2.05) is 0 Å². The number of rotatable bonds is 12. The number of hydrogen-bond donors (Lipinski definition) is 0. The molecule has 0 N–H and O–H groups in total. The lowest BCUT2D eigenvalue weighted by atomic mass is 10.0. The number of aromatic nitrogens is 5. The first-order valence-electron chi connectivity index (χ1n) is 33.7. The maximum atomic E-state index is 5.69. The number of hydrogen-bond acceptors (Lipinski definition) is 2. The van der Waals surface area contributed by atoms with E-state index in [1.165, 1.54) is 74.2 Å². The minimum absolute atomic E-state index is 0.685. The molecule has 0 spiro atoms. The Morgan fingerprint density at radius 2 is 0.701 bits per heavy atom. The van der Waals surface area contributed by atoms with Crippen LogP contribution >= 0.6 is 0 Å². The van der Waals surface area contributed by atoms with Crippen LogP contribution in [-0.4, -0.2) is 39.8 Å². The SMILES string of the molecule is CCc1c(-c2ccccc2)nc(-c2ccccc2)nc1-n1c2ccc(-n3c4ccccc4c4cc([Si](c5ccccc5)(c5ccccc5)c5ccccc5)ccc43)cc2c2cc(-n3c4ccccc4c4cc([Si]5(c6ccccc6)c6ccccc6-c6ccccc65)ccc43)ccc21. The van der Waals surface area contributed by atoms with Gasteiger partial charge in [0.25, 0.3) is 0 Å². The van der Waals surface area contributed by atoms with E-state index in [2.05, 4.69) is 372 Å². The molecule has 14 aromatic carbocycles. The molecule has 456 valence electrons. The molecule has 0 amide bonds. The summed E-state index contributed by atoms with van der Waals surface area (Å²) in [4.78, 5) is 11.1. The van der Waals surface area contributed by atoms with E-state index in [0.29, 0.717) is 12.2 Å². The molecule has 0 unspecified atom stereocenters. The fourth-order valence-corrected chi connectivity index (χ4v) is 26.7. The molecule has 5 nitrogen and oxygen atoms in total. The highest BCUT2D eigenvalue weighted by atomic mass is 28.3. The molecule has 19 rings (SSSR count). The van der Waals surface area contributed by atoms with Crippen molar-refractivity contribution in [2.45, 2.75) is 13.3 Å². The highest BCUT2D eigenvalue weighted by molar-refractivity contribution is 7.22. The summed E-state index contributed by atoms with van der Waals surface area (Å²) in [6.07, 6.45) is 0.715. The fraction of sp³-hybridized carbons (Fsp3) is 0.0222. The molecule has 18 aromatic rings. The van der Waals surface area contributed by atoms with Crippen molar-refractivity contribution in [2.75, 3.05) is 0 Å². The summed E-state index contributed by atoms with van der Waals surface area (Å²) in [5.74, 6) is 1.56. The van der Waals surface area contributed by atoms with Gasteiger partial charge in [-0.05, 0) is 120 Å². The van der Waals surface area contributed by atoms with Crippen LogP contribution in [0.1, 0.15) is 12.5 Å². The number of nitrogens with zero attached hydrogens (tertiary/aromatic N) is 5. The van der Waals surface area contributed by atoms with Gasteiger partial charge in [-0.25, -0.2) is 9.97 Å². The van der Waals surface area contributed by atoms with Crippen LogP contribution < -0.4 is 41.5 Å². The highest BCUT2D eigenvalue weighted by Crippen LogP contribution is 2.42. The van der Waals surface area contributed by atoms with Gasteiger partial charge in [0.05, 0.1) is 38.8 Å². The Bertz CT molecular complexity index is 5720. The summed E-state index contributed by atoms with van der Waals surface area (Å²) in [5.41, 5.74) is 15.7. The lowest BCUT2D eigenvalue weighted by molar-refractivity contribution is 0.974. The third-order valence-corrected chi connectivity index (χ3v) is 30.5. The van der Waals surface area contributed by atoms with Gasteiger partial charge < -0.3 is 9.13 Å². The average Bonchev–Trinajstić information content (AvgIpc) is 1.63. The summed E-state index contributed by atoms with van der Waals surface area (Å²) in [6.45, 7) is 2.24. The zero-order valence-corrected chi connectivity index (χ0v) is 55.4. The van der Waals surface area contributed by atoms with E-state index >= 15 is 0 Å². The van der Waals surface area contributed by atoms with E-state index in [-0.39, 0.29) is 0 Å². The van der Waals surface area contributed by atoms with E-state index in [4.69, 9.17) is 9.97 Å². The highest BCUT2D eigenvalue weighted by Gasteiger charge is 2.49. The Labute approximate surface area is 564 Å². The Hall–Kier alpha value is -12.0. The van der Waals surface area contributed by atoms with Crippen LogP contribution in [0, 0.1) is 0 Å². The van der Waals surface area contributed by atoms with E-state index in [0.717, 1.165) is 83.4 Å². The van der Waals surface area contributed by atoms with Gasteiger partial charge in [-0.2, -0.15) is 0 Å². The molecule has 0 atom stereocenters. The molecular formula is C90H63N5Si2. The molecule has 0 fully saturated rings. The van der Waals surface area contributed by atoms with Crippen molar-refractivity contribution in [3.63, 3.8) is 0 Å². The van der Waals surface area contributed by atoms with Crippen molar-refractivity contribution in [1.82, 2.24) is 23.7 Å². The molecule has 0 saturated carbocycles. The van der Waals surface area contributed by atoms with Crippen LogP contribution in [0.25, 0.3) is 116 Å². The van der Waals surface area contributed by atoms with Crippen LogP contribution in [-0.2, 0) is 6.42 Å². The van der Waals surface area contributed by atoms with Gasteiger partial charge in [0.15, 0.2) is 22.0 Å². The van der Waals surface area contributed by atoms with Gasteiger partial charge in [-0.15, -0.1) is 0 Å². The normalized spacial score (nSPS) is 12.7. The molecule has 0 saturated heterocycles. The molecule has 0 aliphatic carbocycles. The van der Waals surface area contributed by atoms with Gasteiger partial charge >= 0.3 is 0 Å². The van der Waals surface area contributed by atoms with Crippen molar-refractivity contribution >= 4 is 123 Å². The topological polar surface area (TPSA) is 40.6 Å². The Morgan fingerprint density at radius 1 is 0.299 bits per heavy atom. The van der Waals surface area contributed by atoms with Gasteiger partial charge in [-0.1, -0.05) is 298 Å². The summed E-state index contributed by atoms with van der Waals surface area (Å²) < 4.78 is 7.43. The molecule has 4 aromatic heterocycles. The predicted octanol–water partition coefficient (Wildman–Crippen LogP) is 16.4. The lowest BCUT2D eigenvalue weighted by Crippen LogP contribution is -2.74. The van der Waals surface area contributed by atoms with Crippen molar-refractivity contribution in [1.29, 1.82) is 0 Å². The van der Waals surface area contributed by atoms with E-state index in [9.17, 15) is 0 Å². The molecule has 1 aliphatic heterocycles. The van der Waals surface area contributed by atoms with Crippen molar-refractivity contribution in [2.24, 2.45) is 0 Å². The Kier molecular flexibility index (Phi) is 13.2. The average molecular weight is 1270 g/mol. The zero-order valence-electron chi connectivity index (χ0n) is 53.4. The molecule has 97 heavy (non-hydrogen) atoms. The first-order chi connectivity index (χ1) is 48.1. The number of fused-ring (bicyclic) bond motifs is 12. The third-order valence-electron chi connectivity index (χ3n) is 20.9. The second-order valence-electron chi connectivity index (χ2n) is 25.7. The van der Waals surface area contributed by atoms with Crippen molar-refractivity contribution < 1.29 is 0 Å². The molecule has 0 radical (unpaired) electrons. The summed E-state index contributed by atoms with van der Waals surface area (Å²) in [7, 11) is -5.66. The number of para-hydroxylation sites is 2. The molecule has 5 heterocycles. The maximum absolute atomic E-state index is 5.69. The van der Waals surface area contributed by atoms with E-state index in [1.54, 1.807) is 0 Å². The number of benzene rings is 14. The van der Waals surface area contributed by atoms with Crippen LogP contribution in [0.4, 0.5) is 0 Å². The van der Waals surface area contributed by atoms with Crippen LogP contribution in [0.15, 0.2) is 352 Å². The third kappa shape index (κ3) is 8.48. The first kappa shape index (κ1) is 56.5. The van der Waals surface area contributed by atoms with Gasteiger partial charge in [0.2, 0.25) is 0 Å². The second-order valence-corrected chi connectivity index (χ2v) is 33.3. The molecular weight excluding hydrogens is 1210 g/mol. The van der Waals surface area contributed by atoms with Crippen molar-refractivity contribution in [3.8, 4) is 51.0 Å². The fourth-order valence-electron chi connectivity index (χ4n) is 16.8. The quantitative estimate of drug-likeness (QED) is 0.0903. The largest absolute Gasteiger partial charge is 0.309 e. The minimum atomic E-state index is -2.87. The minimum Gasteiger partial charge on any atom is -0.309 e. The predicted molar refractivity (Wildman–Crippen MR) is 412 cm³/mol. The monoisotopic (exact) mass is 1270 g/mol. The molecule has 1 aliphatic rings. The summed E-state index contributed by atoms with van der Waals surface area (Å²) in [6, 6.07) is 132. The standard InChI is InChI=1S/C90H63N5Si2/c1-2-71-88(61-29-9-3-10-30-61)91-89(62-31-11-4-12-32-62)92-90(71)95-84-53-49-63(93-80-45-25-21-41-72(80)78-59-69(51-55-82(78)93)96(65-33-13-5-14-34-65,66-35-15-6-16-36-66)67-37-17-7-18-38-67)57-76(84)77-58-64(50-54-85(77)95)94-81-46-26-22-42-73(81)79-60-70(52-56-83(79)94)97(68-39-19-8-20-40-68)86-47-27-23-43-74(86)75-44-24-28-48-87(75)97/h3-60H,2H2,1H3. The Balaban J connectivity index is 0.865. The van der Waals surface area contributed by atoms with Crippen molar-refractivity contribution in [3.05, 3.63) is 357 Å². The molecule has 0 bridgehead atoms. The molecule has 7 heteroatoms. The van der Waals surface area contributed by atoms with E-state index < -0.39 is 16.1 Å². The summed E-state index contributed by atoms with van der Waals surface area (Å²) >= 11 is 0. The smallest absolute Gasteiger partial charge is 0.180 e. The maximum Gasteiger partial charge on any atom is 0.180 e. The van der Waals surface area contributed by atoms with Gasteiger partial charge in [-0.3, -0.25) is 4.57 Å². The van der Waals surface area contributed by atoms with Gasteiger partial charge in [0, 0.05) is 60.4 Å². The van der Waals surface area contributed by atoms with Crippen LogP contribution in [0.3, 0.4) is 0 Å². The zero-order chi connectivity index (χ0) is 64.2. The first-order valence-corrected chi connectivity index (χ1v) is 37.7.